The molecular weight excluding hydrogens is 464 g/mol. The molecule has 1 aromatic carbocycles. The molecule has 2 atom stereocenters. The number of rotatable bonds is 6. The second-order valence-corrected chi connectivity index (χ2v) is 9.65. The molecule has 0 aliphatic carbocycles. The van der Waals surface area contributed by atoms with Crippen LogP contribution in [0.5, 0.6) is 0 Å². The largest absolute Gasteiger partial charge is 0.480 e. The van der Waals surface area contributed by atoms with Crippen LogP contribution in [0.15, 0.2) is 24.5 Å². The molecule has 1 aliphatic heterocycles. The van der Waals surface area contributed by atoms with Crippen LogP contribution < -0.4 is 10.2 Å². The summed E-state index contributed by atoms with van der Waals surface area (Å²) >= 11 is 6.17. The third-order valence-electron chi connectivity index (χ3n) is 5.41. The number of nitrogens with one attached hydrogen (secondary N) is 1. The quantitative estimate of drug-likeness (QED) is 0.491. The van der Waals surface area contributed by atoms with E-state index in [1.807, 2.05) is 20.8 Å². The lowest BCUT2D eigenvalue weighted by Gasteiger charge is -2.28. The van der Waals surface area contributed by atoms with Crippen molar-refractivity contribution in [1.29, 1.82) is 0 Å². The summed E-state index contributed by atoms with van der Waals surface area (Å²) in [6, 6.07) is 1.56. The standard InChI is InChI=1S/C22H25ClF4N4O2/c1-21(2,3)10-15(20(32)33)30-18-17(24)19(29-11-28-18)31-8-4-5-16(31)13-7-6-12(9-14(13)23)22(25,26)27/h6-7,9,11,15-16H,4-5,8,10H2,1-3H3,(H,32,33)(H,28,29,30). The molecule has 1 fully saturated rings. The first-order valence-corrected chi connectivity index (χ1v) is 10.8. The Hall–Kier alpha value is -2.62. The van der Waals surface area contributed by atoms with Crippen molar-refractivity contribution in [2.75, 3.05) is 16.8 Å². The highest BCUT2D eigenvalue weighted by molar-refractivity contribution is 6.31. The van der Waals surface area contributed by atoms with E-state index in [-0.39, 0.29) is 28.5 Å². The highest BCUT2D eigenvalue weighted by Gasteiger charge is 2.35. The van der Waals surface area contributed by atoms with Crippen molar-refractivity contribution in [3.63, 3.8) is 0 Å². The van der Waals surface area contributed by atoms with Gasteiger partial charge in [0.05, 0.1) is 11.6 Å². The van der Waals surface area contributed by atoms with Crippen molar-refractivity contribution in [2.24, 2.45) is 5.41 Å². The number of hydrogen-bond donors (Lipinski definition) is 2. The van der Waals surface area contributed by atoms with Crippen molar-refractivity contribution < 1.29 is 27.5 Å². The average Bonchev–Trinajstić information content (AvgIpc) is 3.16. The first-order chi connectivity index (χ1) is 15.3. The fourth-order valence-corrected chi connectivity index (χ4v) is 4.26. The van der Waals surface area contributed by atoms with Crippen molar-refractivity contribution in [3.8, 4) is 0 Å². The minimum Gasteiger partial charge on any atom is -0.480 e. The Kier molecular flexibility index (Phi) is 7.07. The van der Waals surface area contributed by atoms with Gasteiger partial charge in [-0.2, -0.15) is 17.6 Å². The average molecular weight is 489 g/mol. The van der Waals surface area contributed by atoms with Crippen LogP contribution in [0.4, 0.5) is 29.2 Å². The lowest BCUT2D eigenvalue weighted by atomic mass is 9.88. The van der Waals surface area contributed by atoms with Crippen LogP contribution in [0.1, 0.15) is 57.2 Å². The SMILES string of the molecule is CC(C)(C)CC(Nc1ncnc(N2CCCC2c2ccc(C(F)(F)F)cc2Cl)c1F)C(=O)O. The van der Waals surface area contributed by atoms with Crippen LogP contribution in [0.2, 0.25) is 5.02 Å². The lowest BCUT2D eigenvalue weighted by Crippen LogP contribution is -2.34. The molecule has 33 heavy (non-hydrogen) atoms. The van der Waals surface area contributed by atoms with E-state index in [0.717, 1.165) is 18.5 Å². The van der Waals surface area contributed by atoms with Crippen molar-refractivity contribution in [2.45, 2.75) is 58.3 Å². The molecule has 180 valence electrons. The maximum Gasteiger partial charge on any atom is 0.416 e. The molecule has 1 aliphatic rings. The summed E-state index contributed by atoms with van der Waals surface area (Å²) in [5.74, 6) is -2.28. The number of alkyl halides is 3. The molecule has 0 bridgehead atoms. The molecule has 2 aromatic rings. The summed E-state index contributed by atoms with van der Waals surface area (Å²) in [4.78, 5) is 21.2. The molecule has 0 spiro atoms. The van der Waals surface area contributed by atoms with E-state index in [4.69, 9.17) is 11.6 Å². The highest BCUT2D eigenvalue weighted by Crippen LogP contribution is 2.41. The lowest BCUT2D eigenvalue weighted by molar-refractivity contribution is -0.139. The Balaban J connectivity index is 1.91. The highest BCUT2D eigenvalue weighted by atomic mass is 35.5. The molecule has 0 radical (unpaired) electrons. The van der Waals surface area contributed by atoms with E-state index in [1.165, 1.54) is 6.07 Å². The fourth-order valence-electron chi connectivity index (χ4n) is 3.96. The minimum atomic E-state index is -4.52. The summed E-state index contributed by atoms with van der Waals surface area (Å²) < 4.78 is 54.4. The number of aromatic nitrogens is 2. The molecule has 0 amide bonds. The van der Waals surface area contributed by atoms with Gasteiger partial charge in [-0.05, 0) is 42.4 Å². The molecule has 11 heteroatoms. The predicted molar refractivity (Wildman–Crippen MR) is 117 cm³/mol. The number of hydrogen-bond acceptors (Lipinski definition) is 5. The predicted octanol–water partition coefficient (Wildman–Crippen LogP) is 5.93. The maximum absolute atomic E-state index is 15.4. The first kappa shape index (κ1) is 25.0. The number of carbonyl (C=O) groups is 1. The van der Waals surface area contributed by atoms with Crippen molar-refractivity contribution in [1.82, 2.24) is 9.97 Å². The van der Waals surface area contributed by atoms with Gasteiger partial charge in [-0.15, -0.1) is 0 Å². The van der Waals surface area contributed by atoms with E-state index in [0.29, 0.717) is 24.9 Å². The number of benzene rings is 1. The zero-order valence-electron chi connectivity index (χ0n) is 18.4. The third kappa shape index (κ3) is 5.85. The number of carboxylic acid groups (broad SMARTS) is 1. The van der Waals surface area contributed by atoms with Crippen LogP contribution in [-0.2, 0) is 11.0 Å². The third-order valence-corrected chi connectivity index (χ3v) is 5.74. The van der Waals surface area contributed by atoms with Crippen LogP contribution in [-0.4, -0.2) is 33.6 Å². The van der Waals surface area contributed by atoms with Gasteiger partial charge in [0.15, 0.2) is 11.6 Å². The molecular formula is C22H25ClF4N4O2. The molecule has 3 rings (SSSR count). The maximum atomic E-state index is 15.4. The first-order valence-electron chi connectivity index (χ1n) is 10.4. The van der Waals surface area contributed by atoms with E-state index in [9.17, 15) is 23.1 Å². The number of anilines is 2. The monoisotopic (exact) mass is 488 g/mol. The molecule has 1 saturated heterocycles. The zero-order chi connectivity index (χ0) is 24.6. The van der Waals surface area contributed by atoms with Gasteiger partial charge >= 0.3 is 12.1 Å². The Labute approximate surface area is 194 Å². The second-order valence-electron chi connectivity index (χ2n) is 9.25. The molecule has 2 N–H and O–H groups in total. The van der Waals surface area contributed by atoms with Gasteiger partial charge in [-0.25, -0.2) is 14.8 Å². The van der Waals surface area contributed by atoms with E-state index < -0.39 is 35.6 Å². The van der Waals surface area contributed by atoms with Crippen molar-refractivity contribution in [3.05, 3.63) is 46.5 Å². The smallest absolute Gasteiger partial charge is 0.416 e. The Morgan fingerprint density at radius 3 is 2.58 bits per heavy atom. The van der Waals surface area contributed by atoms with Gasteiger partial charge < -0.3 is 15.3 Å². The topological polar surface area (TPSA) is 78.4 Å². The number of carboxylic acids is 1. The van der Waals surface area contributed by atoms with Crippen LogP contribution >= 0.6 is 11.6 Å². The Morgan fingerprint density at radius 1 is 1.30 bits per heavy atom. The molecule has 0 saturated carbocycles. The van der Waals surface area contributed by atoms with Gasteiger partial charge in [0.2, 0.25) is 5.82 Å². The van der Waals surface area contributed by atoms with Crippen LogP contribution in [0, 0.1) is 11.2 Å². The van der Waals surface area contributed by atoms with Gasteiger partial charge in [0.25, 0.3) is 0 Å². The van der Waals surface area contributed by atoms with Gasteiger partial charge in [0, 0.05) is 11.6 Å². The summed E-state index contributed by atoms with van der Waals surface area (Å²) in [5.41, 5.74) is -0.758. The number of halogens is 5. The summed E-state index contributed by atoms with van der Waals surface area (Å²) in [6.45, 7) is 6.01. The molecule has 2 unspecified atom stereocenters. The molecule has 6 nitrogen and oxygen atoms in total. The Morgan fingerprint density at radius 2 is 2.00 bits per heavy atom. The van der Waals surface area contributed by atoms with E-state index in [2.05, 4.69) is 15.3 Å². The number of aliphatic carboxylic acids is 1. The summed E-state index contributed by atoms with van der Waals surface area (Å²) in [5, 5.41) is 12.1. The zero-order valence-corrected chi connectivity index (χ0v) is 19.1. The summed E-state index contributed by atoms with van der Waals surface area (Å²) in [7, 11) is 0. The van der Waals surface area contributed by atoms with E-state index >= 15 is 4.39 Å². The minimum absolute atomic E-state index is 0.0640. The van der Waals surface area contributed by atoms with Gasteiger partial charge in [-0.1, -0.05) is 38.4 Å². The van der Waals surface area contributed by atoms with Gasteiger partial charge in [0.1, 0.15) is 12.4 Å². The van der Waals surface area contributed by atoms with E-state index in [1.54, 1.807) is 4.90 Å². The second kappa shape index (κ2) is 9.32. The summed E-state index contributed by atoms with van der Waals surface area (Å²) in [6.07, 6.45) is -1.98. The molecule has 1 aromatic heterocycles. The van der Waals surface area contributed by atoms with Crippen LogP contribution in [0.25, 0.3) is 0 Å². The fraction of sp³-hybridized carbons (Fsp3) is 0.500. The normalized spacial score (nSPS) is 17.8. The van der Waals surface area contributed by atoms with Crippen molar-refractivity contribution >= 4 is 29.2 Å². The molecule has 2 heterocycles. The number of nitrogens with zero attached hydrogens (tertiary/aromatic N) is 3. The van der Waals surface area contributed by atoms with Crippen LogP contribution in [0.3, 0.4) is 0 Å². The Bertz CT molecular complexity index is 1030. The van der Waals surface area contributed by atoms with Gasteiger partial charge in [-0.3, -0.25) is 0 Å².